The lowest BCUT2D eigenvalue weighted by molar-refractivity contribution is 0.103. The fourth-order valence-corrected chi connectivity index (χ4v) is 3.16. The summed E-state index contributed by atoms with van der Waals surface area (Å²) in [5.74, 6) is 0.775. The molecule has 0 aliphatic heterocycles. The van der Waals surface area contributed by atoms with E-state index in [2.05, 4.69) is 33.9 Å². The second-order valence-electron chi connectivity index (χ2n) is 7.68. The van der Waals surface area contributed by atoms with E-state index < -0.39 is 8.32 Å². The molecule has 0 spiro atoms. The number of hydrogen-bond donors (Lipinski definition) is 0. The predicted octanol–water partition coefficient (Wildman–Crippen LogP) is 5.32. The second kappa shape index (κ2) is 7.98. The largest absolute Gasteiger partial charge is 0.491 e. The summed E-state index contributed by atoms with van der Waals surface area (Å²) in [6.07, 6.45) is 0. The van der Waals surface area contributed by atoms with E-state index >= 15 is 0 Å². The first-order chi connectivity index (χ1) is 11.7. The average Bonchev–Trinajstić information content (AvgIpc) is 2.58. The molecular weight excluding hydrogens is 328 g/mol. The molecule has 0 N–H and O–H groups in total. The Balaban J connectivity index is 1.86. The SMILES string of the molecule is CC(C)(C)[Si](C)(C)OCCOc1ccc(C(=O)c2ccccc2)cc1. The van der Waals surface area contributed by atoms with Crippen molar-refractivity contribution in [3.8, 4) is 5.75 Å². The number of ketones is 1. The first-order valence-electron chi connectivity index (χ1n) is 8.67. The van der Waals surface area contributed by atoms with Crippen LogP contribution < -0.4 is 4.74 Å². The quantitative estimate of drug-likeness (QED) is 0.383. The Hall–Kier alpha value is -1.91. The van der Waals surface area contributed by atoms with Crippen LogP contribution in [-0.2, 0) is 4.43 Å². The molecule has 4 heteroatoms. The molecule has 3 nitrogen and oxygen atoms in total. The van der Waals surface area contributed by atoms with Crippen LogP contribution in [0.4, 0.5) is 0 Å². The zero-order chi connectivity index (χ0) is 18.5. The third-order valence-corrected chi connectivity index (χ3v) is 9.31. The highest BCUT2D eigenvalue weighted by Crippen LogP contribution is 2.36. The first-order valence-corrected chi connectivity index (χ1v) is 11.6. The van der Waals surface area contributed by atoms with E-state index in [0.717, 1.165) is 5.75 Å². The normalized spacial score (nSPS) is 12.0. The van der Waals surface area contributed by atoms with Gasteiger partial charge in [0.2, 0.25) is 0 Å². The van der Waals surface area contributed by atoms with Crippen LogP contribution in [0.2, 0.25) is 18.1 Å². The molecule has 0 aliphatic carbocycles. The topological polar surface area (TPSA) is 35.5 Å². The molecule has 0 saturated carbocycles. The molecule has 25 heavy (non-hydrogen) atoms. The van der Waals surface area contributed by atoms with Crippen molar-refractivity contribution in [2.45, 2.75) is 38.9 Å². The third kappa shape index (κ3) is 5.28. The molecular formula is C21H28O3Si. The Morgan fingerprint density at radius 2 is 1.44 bits per heavy atom. The van der Waals surface area contributed by atoms with Gasteiger partial charge in [-0.1, -0.05) is 51.1 Å². The highest BCUT2D eigenvalue weighted by Gasteiger charge is 2.36. The van der Waals surface area contributed by atoms with Gasteiger partial charge >= 0.3 is 0 Å². The zero-order valence-corrected chi connectivity index (χ0v) is 16.8. The number of ether oxygens (including phenoxy) is 1. The molecule has 0 amide bonds. The van der Waals surface area contributed by atoms with E-state index in [1.807, 2.05) is 42.5 Å². The summed E-state index contributed by atoms with van der Waals surface area (Å²) in [5.41, 5.74) is 1.36. The summed E-state index contributed by atoms with van der Waals surface area (Å²) >= 11 is 0. The van der Waals surface area contributed by atoms with Gasteiger partial charge < -0.3 is 9.16 Å². The summed E-state index contributed by atoms with van der Waals surface area (Å²) in [5, 5.41) is 0.201. The second-order valence-corrected chi connectivity index (χ2v) is 12.5. The maximum absolute atomic E-state index is 12.4. The zero-order valence-electron chi connectivity index (χ0n) is 15.8. The van der Waals surface area contributed by atoms with Crippen molar-refractivity contribution in [3.63, 3.8) is 0 Å². The highest BCUT2D eigenvalue weighted by atomic mass is 28.4. The van der Waals surface area contributed by atoms with Crippen LogP contribution in [0.5, 0.6) is 5.75 Å². The van der Waals surface area contributed by atoms with Crippen molar-refractivity contribution in [1.29, 1.82) is 0 Å². The number of hydrogen-bond acceptors (Lipinski definition) is 3. The van der Waals surface area contributed by atoms with Crippen molar-refractivity contribution >= 4 is 14.1 Å². The van der Waals surface area contributed by atoms with Gasteiger partial charge in [-0.3, -0.25) is 4.79 Å². The average molecular weight is 357 g/mol. The van der Waals surface area contributed by atoms with Gasteiger partial charge in [0.25, 0.3) is 0 Å². The Morgan fingerprint density at radius 3 is 2.00 bits per heavy atom. The molecule has 0 heterocycles. The Morgan fingerprint density at radius 1 is 0.880 bits per heavy atom. The standard InChI is InChI=1S/C21H28O3Si/c1-21(2,3)25(4,5)24-16-15-23-19-13-11-18(12-14-19)20(22)17-9-7-6-8-10-17/h6-14H,15-16H2,1-5H3. The van der Waals surface area contributed by atoms with Crippen LogP contribution in [0.3, 0.4) is 0 Å². The summed E-state index contributed by atoms with van der Waals surface area (Å²) in [6, 6.07) is 16.6. The predicted molar refractivity (Wildman–Crippen MR) is 105 cm³/mol. The maximum Gasteiger partial charge on any atom is 0.193 e. The fraction of sp³-hybridized carbons (Fsp3) is 0.381. The van der Waals surface area contributed by atoms with Crippen LogP contribution >= 0.6 is 0 Å². The molecule has 2 aromatic rings. The molecule has 0 fully saturated rings. The van der Waals surface area contributed by atoms with E-state index in [-0.39, 0.29) is 10.8 Å². The van der Waals surface area contributed by atoms with Gasteiger partial charge in [0, 0.05) is 11.1 Å². The van der Waals surface area contributed by atoms with Crippen molar-refractivity contribution in [2.24, 2.45) is 0 Å². The number of carbonyl (C=O) groups is 1. The third-order valence-electron chi connectivity index (χ3n) is 4.77. The maximum atomic E-state index is 12.4. The van der Waals surface area contributed by atoms with Gasteiger partial charge in [0.1, 0.15) is 12.4 Å². The minimum absolute atomic E-state index is 0.0217. The molecule has 0 bridgehead atoms. The highest BCUT2D eigenvalue weighted by molar-refractivity contribution is 6.74. The lowest BCUT2D eigenvalue weighted by Gasteiger charge is -2.36. The Labute approximate surface area is 152 Å². The molecule has 2 aromatic carbocycles. The van der Waals surface area contributed by atoms with E-state index in [4.69, 9.17) is 9.16 Å². The molecule has 0 saturated heterocycles. The van der Waals surface area contributed by atoms with Gasteiger partial charge in [0.15, 0.2) is 14.1 Å². The van der Waals surface area contributed by atoms with Crippen molar-refractivity contribution in [3.05, 3.63) is 65.7 Å². The smallest absolute Gasteiger partial charge is 0.193 e. The lowest BCUT2D eigenvalue weighted by atomic mass is 10.0. The fourth-order valence-electron chi connectivity index (χ4n) is 2.13. The molecule has 0 aromatic heterocycles. The van der Waals surface area contributed by atoms with Crippen molar-refractivity contribution in [2.75, 3.05) is 13.2 Å². The number of benzene rings is 2. The van der Waals surface area contributed by atoms with Crippen LogP contribution in [-0.4, -0.2) is 27.3 Å². The molecule has 0 atom stereocenters. The summed E-state index contributed by atoms with van der Waals surface area (Å²) in [6.45, 7) is 12.2. The van der Waals surface area contributed by atoms with Gasteiger partial charge in [-0.15, -0.1) is 0 Å². The van der Waals surface area contributed by atoms with Crippen LogP contribution in [0.15, 0.2) is 54.6 Å². The molecule has 0 radical (unpaired) electrons. The molecule has 134 valence electrons. The number of carbonyl (C=O) groups excluding carboxylic acids is 1. The van der Waals surface area contributed by atoms with Gasteiger partial charge in [-0.2, -0.15) is 0 Å². The van der Waals surface area contributed by atoms with Gasteiger partial charge in [-0.05, 0) is 42.4 Å². The summed E-state index contributed by atoms with van der Waals surface area (Å²) < 4.78 is 11.8. The monoisotopic (exact) mass is 356 g/mol. The van der Waals surface area contributed by atoms with Gasteiger partial charge in [-0.25, -0.2) is 0 Å². The molecule has 0 aliphatic rings. The summed E-state index contributed by atoms with van der Waals surface area (Å²) in [4.78, 5) is 12.4. The first kappa shape index (κ1) is 19.4. The Bertz CT molecular complexity index is 685. The van der Waals surface area contributed by atoms with E-state index in [1.54, 1.807) is 12.1 Å². The van der Waals surface area contributed by atoms with Gasteiger partial charge in [0.05, 0.1) is 6.61 Å². The molecule has 2 rings (SSSR count). The van der Waals surface area contributed by atoms with Crippen LogP contribution in [0.25, 0.3) is 0 Å². The summed E-state index contributed by atoms with van der Waals surface area (Å²) in [7, 11) is -1.73. The van der Waals surface area contributed by atoms with Crippen molar-refractivity contribution < 1.29 is 14.0 Å². The van der Waals surface area contributed by atoms with E-state index in [0.29, 0.717) is 24.3 Å². The molecule has 0 unspecified atom stereocenters. The minimum atomic E-state index is -1.73. The minimum Gasteiger partial charge on any atom is -0.491 e. The van der Waals surface area contributed by atoms with Crippen molar-refractivity contribution in [1.82, 2.24) is 0 Å². The van der Waals surface area contributed by atoms with E-state index in [9.17, 15) is 4.79 Å². The van der Waals surface area contributed by atoms with E-state index in [1.165, 1.54) is 0 Å². The lowest BCUT2D eigenvalue weighted by Crippen LogP contribution is -2.41. The number of rotatable bonds is 7. The van der Waals surface area contributed by atoms with Crippen LogP contribution in [0.1, 0.15) is 36.7 Å². The Kier molecular flexibility index (Phi) is 6.19. The van der Waals surface area contributed by atoms with Crippen LogP contribution in [0, 0.1) is 0 Å².